The summed E-state index contributed by atoms with van der Waals surface area (Å²) in [4.78, 5) is 30.8. The van der Waals surface area contributed by atoms with E-state index in [2.05, 4.69) is 15.0 Å². The van der Waals surface area contributed by atoms with Gasteiger partial charge in [-0.3, -0.25) is 14.3 Å². The Hall–Kier alpha value is -2.46. The number of anilines is 2. The first-order valence-electron chi connectivity index (χ1n) is 9.69. The molecule has 1 aromatic heterocycles. The molecule has 10 heteroatoms. The molecule has 2 heterocycles. The topological polar surface area (TPSA) is 108 Å². The molecular formula is C20H26N4O4S2. The smallest absolute Gasteiger partial charge is 0.263 e. The molecule has 0 saturated carbocycles. The van der Waals surface area contributed by atoms with Gasteiger partial charge in [-0.2, -0.15) is 0 Å². The maximum Gasteiger partial charge on any atom is 0.263 e. The van der Waals surface area contributed by atoms with Gasteiger partial charge in [-0.25, -0.2) is 13.4 Å². The van der Waals surface area contributed by atoms with Gasteiger partial charge >= 0.3 is 0 Å². The third-order valence-corrected chi connectivity index (χ3v) is 7.05. The van der Waals surface area contributed by atoms with Gasteiger partial charge in [0.1, 0.15) is 0 Å². The van der Waals surface area contributed by atoms with Crippen molar-refractivity contribution in [3.63, 3.8) is 0 Å². The standard InChI is InChI=1S/C20H26N4O4S2/c1-20(2,3)18(26)24-11-8-14(9-12-24)17(25)22-15-4-6-16(7-5-15)30(27,28)23-19-21-10-13-29-19/h4-7,10,13-14H,8-9,11-12H2,1-3H3,(H,21,23)(H,22,25). The first kappa shape index (κ1) is 22.2. The van der Waals surface area contributed by atoms with Crippen molar-refractivity contribution in [1.82, 2.24) is 9.88 Å². The number of piperidine rings is 1. The second kappa shape index (κ2) is 8.73. The molecule has 0 aliphatic carbocycles. The summed E-state index contributed by atoms with van der Waals surface area (Å²) >= 11 is 1.19. The molecule has 0 bridgehead atoms. The van der Waals surface area contributed by atoms with Gasteiger partial charge in [0.2, 0.25) is 11.8 Å². The van der Waals surface area contributed by atoms with Crippen LogP contribution < -0.4 is 10.0 Å². The molecule has 1 fully saturated rings. The van der Waals surface area contributed by atoms with Crippen molar-refractivity contribution in [2.24, 2.45) is 11.3 Å². The van der Waals surface area contributed by atoms with E-state index in [0.717, 1.165) is 0 Å². The number of nitrogens with zero attached hydrogens (tertiary/aromatic N) is 2. The zero-order chi connectivity index (χ0) is 21.9. The SMILES string of the molecule is CC(C)(C)C(=O)N1CCC(C(=O)Nc2ccc(S(=O)(=O)Nc3nccs3)cc2)CC1. The van der Waals surface area contributed by atoms with Crippen molar-refractivity contribution < 1.29 is 18.0 Å². The Bertz CT molecular complexity index is 988. The number of hydrogen-bond donors (Lipinski definition) is 2. The van der Waals surface area contributed by atoms with Crippen molar-refractivity contribution in [3.05, 3.63) is 35.8 Å². The van der Waals surface area contributed by atoms with E-state index in [1.54, 1.807) is 17.5 Å². The molecule has 30 heavy (non-hydrogen) atoms. The summed E-state index contributed by atoms with van der Waals surface area (Å²) in [6.07, 6.45) is 2.74. The Morgan fingerprint density at radius 1 is 1.13 bits per heavy atom. The van der Waals surface area contributed by atoms with E-state index in [1.807, 2.05) is 25.7 Å². The van der Waals surface area contributed by atoms with Gasteiger partial charge < -0.3 is 10.2 Å². The molecule has 0 unspecified atom stereocenters. The third-order valence-electron chi connectivity index (χ3n) is 4.88. The van der Waals surface area contributed by atoms with Crippen LogP contribution in [-0.4, -0.2) is 43.2 Å². The van der Waals surface area contributed by atoms with Gasteiger partial charge in [0, 0.05) is 41.7 Å². The zero-order valence-corrected chi connectivity index (χ0v) is 18.8. The molecule has 162 valence electrons. The minimum atomic E-state index is -3.73. The third kappa shape index (κ3) is 5.37. The fourth-order valence-corrected chi connectivity index (χ4v) is 5.02. The number of sulfonamides is 1. The average Bonchev–Trinajstić information content (AvgIpc) is 3.19. The van der Waals surface area contributed by atoms with Crippen molar-refractivity contribution in [1.29, 1.82) is 0 Å². The highest BCUT2D eigenvalue weighted by Gasteiger charge is 2.32. The lowest BCUT2D eigenvalue weighted by Gasteiger charge is -2.35. The van der Waals surface area contributed by atoms with Gasteiger partial charge in [0.05, 0.1) is 4.90 Å². The van der Waals surface area contributed by atoms with Crippen LogP contribution in [0.3, 0.4) is 0 Å². The average molecular weight is 451 g/mol. The molecule has 2 aromatic rings. The quantitative estimate of drug-likeness (QED) is 0.727. The lowest BCUT2D eigenvalue weighted by molar-refractivity contribution is -0.142. The zero-order valence-electron chi connectivity index (χ0n) is 17.2. The number of carbonyl (C=O) groups is 2. The normalized spacial score (nSPS) is 15.6. The molecule has 2 N–H and O–H groups in total. The minimum Gasteiger partial charge on any atom is -0.342 e. The number of nitrogens with one attached hydrogen (secondary N) is 2. The molecule has 0 radical (unpaired) electrons. The van der Waals surface area contributed by atoms with Crippen molar-refractivity contribution in [2.75, 3.05) is 23.1 Å². The molecule has 0 atom stereocenters. The van der Waals surface area contributed by atoms with Crippen molar-refractivity contribution >= 4 is 44.0 Å². The van der Waals surface area contributed by atoms with Crippen LogP contribution in [0.5, 0.6) is 0 Å². The van der Waals surface area contributed by atoms with Crippen LogP contribution >= 0.6 is 11.3 Å². The first-order chi connectivity index (χ1) is 14.1. The first-order valence-corrected chi connectivity index (χ1v) is 12.1. The molecule has 1 aliphatic heterocycles. The fraction of sp³-hybridized carbons (Fsp3) is 0.450. The van der Waals surface area contributed by atoms with E-state index in [-0.39, 0.29) is 22.6 Å². The maximum absolute atomic E-state index is 12.6. The van der Waals surface area contributed by atoms with E-state index in [9.17, 15) is 18.0 Å². The number of amides is 2. The fourth-order valence-electron chi connectivity index (χ4n) is 3.23. The van der Waals surface area contributed by atoms with Crippen LogP contribution in [0.2, 0.25) is 0 Å². The van der Waals surface area contributed by atoms with E-state index >= 15 is 0 Å². The minimum absolute atomic E-state index is 0.0877. The molecule has 2 amide bonds. The largest absolute Gasteiger partial charge is 0.342 e. The van der Waals surface area contributed by atoms with Gasteiger partial charge in [-0.1, -0.05) is 20.8 Å². The molecule has 1 saturated heterocycles. The predicted octanol–water partition coefficient (Wildman–Crippen LogP) is 3.17. The lowest BCUT2D eigenvalue weighted by Crippen LogP contribution is -2.45. The molecule has 3 rings (SSSR count). The van der Waals surface area contributed by atoms with Gasteiger partial charge in [-0.15, -0.1) is 11.3 Å². The van der Waals surface area contributed by atoms with Crippen LogP contribution in [0.15, 0.2) is 40.7 Å². The number of rotatable bonds is 5. The van der Waals surface area contributed by atoms with E-state index in [0.29, 0.717) is 36.8 Å². The maximum atomic E-state index is 12.6. The Morgan fingerprint density at radius 3 is 2.30 bits per heavy atom. The second-order valence-corrected chi connectivity index (χ2v) is 10.8. The molecule has 8 nitrogen and oxygen atoms in total. The van der Waals surface area contributed by atoms with Crippen molar-refractivity contribution in [2.45, 2.75) is 38.5 Å². The number of aromatic nitrogens is 1. The Morgan fingerprint density at radius 2 is 1.77 bits per heavy atom. The summed E-state index contributed by atoms with van der Waals surface area (Å²) in [5, 5.41) is 4.82. The highest BCUT2D eigenvalue weighted by molar-refractivity contribution is 7.93. The van der Waals surface area contributed by atoms with E-state index in [4.69, 9.17) is 0 Å². The van der Waals surface area contributed by atoms with E-state index in [1.165, 1.54) is 29.7 Å². The number of hydrogen-bond acceptors (Lipinski definition) is 6. The lowest BCUT2D eigenvalue weighted by atomic mass is 9.90. The Balaban J connectivity index is 1.56. The summed E-state index contributed by atoms with van der Waals surface area (Å²) in [5.41, 5.74) is 0.104. The van der Waals surface area contributed by atoms with Gasteiger partial charge in [0.25, 0.3) is 10.0 Å². The number of carbonyl (C=O) groups excluding carboxylic acids is 2. The van der Waals surface area contributed by atoms with Crippen LogP contribution in [0.1, 0.15) is 33.6 Å². The van der Waals surface area contributed by atoms with Crippen LogP contribution in [0.4, 0.5) is 10.8 Å². The second-order valence-electron chi connectivity index (χ2n) is 8.27. The number of likely N-dealkylation sites (tertiary alicyclic amines) is 1. The van der Waals surface area contributed by atoms with Crippen molar-refractivity contribution in [3.8, 4) is 0 Å². The summed E-state index contributed by atoms with van der Waals surface area (Å²) in [7, 11) is -3.73. The summed E-state index contributed by atoms with van der Waals surface area (Å²) in [6.45, 7) is 6.81. The van der Waals surface area contributed by atoms with Crippen LogP contribution in [0, 0.1) is 11.3 Å². The van der Waals surface area contributed by atoms with Gasteiger partial charge in [-0.05, 0) is 37.1 Å². The molecule has 1 aliphatic rings. The monoisotopic (exact) mass is 450 g/mol. The summed E-state index contributed by atoms with van der Waals surface area (Å²) < 4.78 is 27.2. The number of thiazole rings is 1. The molecular weight excluding hydrogens is 424 g/mol. The van der Waals surface area contributed by atoms with Gasteiger partial charge in [0.15, 0.2) is 5.13 Å². The number of benzene rings is 1. The van der Waals surface area contributed by atoms with Crippen LogP contribution in [0.25, 0.3) is 0 Å². The highest BCUT2D eigenvalue weighted by atomic mass is 32.2. The molecule has 1 aromatic carbocycles. The van der Waals surface area contributed by atoms with E-state index < -0.39 is 15.4 Å². The van der Waals surface area contributed by atoms with Crippen LogP contribution in [-0.2, 0) is 19.6 Å². The molecule has 0 spiro atoms. The Labute approximate surface area is 180 Å². The summed E-state index contributed by atoms with van der Waals surface area (Å²) in [6, 6.07) is 6.01. The highest BCUT2D eigenvalue weighted by Crippen LogP contribution is 2.25. The predicted molar refractivity (Wildman–Crippen MR) is 117 cm³/mol. The summed E-state index contributed by atoms with van der Waals surface area (Å²) in [5.74, 6) is -0.192. The Kier molecular flexibility index (Phi) is 6.47.